The van der Waals surface area contributed by atoms with Gasteiger partial charge in [0.25, 0.3) is 0 Å². The van der Waals surface area contributed by atoms with Crippen molar-refractivity contribution < 1.29 is 9.18 Å². The van der Waals surface area contributed by atoms with Gasteiger partial charge in [0.2, 0.25) is 5.91 Å². The van der Waals surface area contributed by atoms with E-state index >= 15 is 0 Å². The summed E-state index contributed by atoms with van der Waals surface area (Å²) in [5.41, 5.74) is 1.04. The summed E-state index contributed by atoms with van der Waals surface area (Å²) in [4.78, 5) is 12.0. The maximum atomic E-state index is 12.7. The molecule has 0 aliphatic carbocycles. The van der Waals surface area contributed by atoms with Crippen molar-refractivity contribution in [2.45, 2.75) is 32.2 Å². The van der Waals surface area contributed by atoms with Crippen LogP contribution in [0.5, 0.6) is 0 Å². The van der Waals surface area contributed by atoms with Crippen molar-refractivity contribution in [2.75, 3.05) is 13.1 Å². The Morgan fingerprint density at radius 3 is 2.75 bits per heavy atom. The maximum Gasteiger partial charge on any atom is 0.223 e. The fourth-order valence-corrected chi connectivity index (χ4v) is 2.50. The van der Waals surface area contributed by atoms with E-state index in [9.17, 15) is 9.18 Å². The summed E-state index contributed by atoms with van der Waals surface area (Å²) in [6, 6.07) is 6.83. The van der Waals surface area contributed by atoms with Gasteiger partial charge in [-0.1, -0.05) is 12.1 Å². The molecular weight excluding hydrogens is 279 g/mol. The van der Waals surface area contributed by atoms with Crippen LogP contribution in [0, 0.1) is 11.7 Å². The van der Waals surface area contributed by atoms with E-state index in [2.05, 4.69) is 17.6 Å². The molecule has 2 rings (SSSR count). The highest BCUT2D eigenvalue weighted by atomic mass is 35.5. The first-order valence-corrected chi connectivity index (χ1v) is 6.90. The zero-order chi connectivity index (χ0) is 13.7. The largest absolute Gasteiger partial charge is 0.356 e. The predicted octanol–water partition coefficient (Wildman–Crippen LogP) is 2.29. The number of hydrogen-bond acceptors (Lipinski definition) is 2. The van der Waals surface area contributed by atoms with E-state index in [1.54, 1.807) is 12.1 Å². The molecule has 1 aromatic carbocycles. The van der Waals surface area contributed by atoms with Crippen LogP contribution in [0.25, 0.3) is 0 Å². The second-order valence-corrected chi connectivity index (χ2v) is 5.24. The Labute approximate surface area is 125 Å². The van der Waals surface area contributed by atoms with Crippen molar-refractivity contribution in [3.05, 3.63) is 35.6 Å². The predicted molar refractivity (Wildman–Crippen MR) is 80.6 cm³/mol. The fourth-order valence-electron chi connectivity index (χ4n) is 2.50. The van der Waals surface area contributed by atoms with Crippen LogP contribution in [0.4, 0.5) is 4.39 Å². The maximum absolute atomic E-state index is 12.7. The Kier molecular flexibility index (Phi) is 6.96. The van der Waals surface area contributed by atoms with E-state index < -0.39 is 0 Å². The molecule has 1 fully saturated rings. The third-order valence-corrected chi connectivity index (χ3v) is 3.62. The van der Waals surface area contributed by atoms with Crippen LogP contribution < -0.4 is 10.6 Å². The molecule has 1 aliphatic heterocycles. The van der Waals surface area contributed by atoms with Crippen LogP contribution in [0.1, 0.15) is 25.3 Å². The molecule has 2 N–H and O–H groups in total. The van der Waals surface area contributed by atoms with E-state index in [1.165, 1.54) is 12.1 Å². The molecule has 3 nitrogen and oxygen atoms in total. The molecule has 0 aromatic heterocycles. The normalized spacial score (nSPS) is 21.9. The summed E-state index contributed by atoms with van der Waals surface area (Å²) in [5.74, 6) is 0.0522. The third kappa shape index (κ3) is 5.10. The van der Waals surface area contributed by atoms with Gasteiger partial charge in [-0.25, -0.2) is 4.39 Å². The number of amides is 1. The number of nitrogens with one attached hydrogen (secondary N) is 2. The number of benzene rings is 1. The SMILES string of the molecule is C[C@H]1C[C@@H](C(=O)NCCc2ccc(F)cc2)CCN1.Cl. The first-order chi connectivity index (χ1) is 9.15. The van der Waals surface area contributed by atoms with E-state index in [-0.39, 0.29) is 30.0 Å². The third-order valence-electron chi connectivity index (χ3n) is 3.62. The summed E-state index contributed by atoms with van der Waals surface area (Å²) in [6.45, 7) is 3.64. The van der Waals surface area contributed by atoms with Crippen LogP contribution in [0.3, 0.4) is 0 Å². The number of carbonyl (C=O) groups is 1. The molecule has 1 amide bonds. The van der Waals surface area contributed by atoms with Crippen molar-refractivity contribution in [1.29, 1.82) is 0 Å². The molecule has 1 aromatic rings. The van der Waals surface area contributed by atoms with Crippen LogP contribution in [0.15, 0.2) is 24.3 Å². The molecule has 1 aliphatic rings. The number of hydrogen-bond donors (Lipinski definition) is 2. The van der Waals surface area contributed by atoms with Gasteiger partial charge in [-0.15, -0.1) is 12.4 Å². The van der Waals surface area contributed by atoms with Gasteiger partial charge in [-0.05, 0) is 50.4 Å². The van der Waals surface area contributed by atoms with E-state index in [4.69, 9.17) is 0 Å². The van der Waals surface area contributed by atoms with Gasteiger partial charge in [0.1, 0.15) is 5.82 Å². The van der Waals surface area contributed by atoms with Gasteiger partial charge >= 0.3 is 0 Å². The van der Waals surface area contributed by atoms with E-state index in [1.807, 2.05) is 0 Å². The molecule has 0 spiro atoms. The zero-order valence-electron chi connectivity index (χ0n) is 11.7. The minimum absolute atomic E-state index is 0. The number of piperidine rings is 1. The second-order valence-electron chi connectivity index (χ2n) is 5.24. The van der Waals surface area contributed by atoms with Crippen LogP contribution >= 0.6 is 12.4 Å². The quantitative estimate of drug-likeness (QED) is 0.896. The number of rotatable bonds is 4. The van der Waals surface area contributed by atoms with Crippen molar-refractivity contribution in [3.63, 3.8) is 0 Å². The number of halogens is 2. The molecule has 0 saturated carbocycles. The summed E-state index contributed by atoms with van der Waals surface area (Å²) in [7, 11) is 0. The van der Waals surface area contributed by atoms with E-state index in [0.29, 0.717) is 12.6 Å². The Bertz CT molecular complexity index is 424. The first kappa shape index (κ1) is 16.9. The van der Waals surface area contributed by atoms with Crippen molar-refractivity contribution in [2.24, 2.45) is 5.92 Å². The van der Waals surface area contributed by atoms with Crippen LogP contribution in [-0.2, 0) is 11.2 Å². The molecule has 5 heteroatoms. The molecule has 0 unspecified atom stereocenters. The van der Waals surface area contributed by atoms with Gasteiger partial charge < -0.3 is 10.6 Å². The molecular formula is C15H22ClFN2O. The highest BCUT2D eigenvalue weighted by Gasteiger charge is 2.24. The molecule has 1 saturated heterocycles. The highest BCUT2D eigenvalue weighted by molar-refractivity contribution is 5.85. The average molecular weight is 301 g/mol. The van der Waals surface area contributed by atoms with Gasteiger partial charge in [-0.3, -0.25) is 4.79 Å². The van der Waals surface area contributed by atoms with E-state index in [0.717, 1.165) is 31.4 Å². The zero-order valence-corrected chi connectivity index (χ0v) is 12.5. The first-order valence-electron chi connectivity index (χ1n) is 6.90. The van der Waals surface area contributed by atoms with Crippen molar-refractivity contribution >= 4 is 18.3 Å². The van der Waals surface area contributed by atoms with Gasteiger partial charge in [0.15, 0.2) is 0 Å². The molecule has 0 radical (unpaired) electrons. The smallest absolute Gasteiger partial charge is 0.223 e. The van der Waals surface area contributed by atoms with Crippen molar-refractivity contribution in [1.82, 2.24) is 10.6 Å². The van der Waals surface area contributed by atoms with Crippen LogP contribution in [-0.4, -0.2) is 25.0 Å². The molecule has 20 heavy (non-hydrogen) atoms. The minimum atomic E-state index is -0.225. The Morgan fingerprint density at radius 2 is 2.10 bits per heavy atom. The lowest BCUT2D eigenvalue weighted by Gasteiger charge is -2.27. The Balaban J connectivity index is 0.00000200. The van der Waals surface area contributed by atoms with Crippen LogP contribution in [0.2, 0.25) is 0 Å². The summed E-state index contributed by atoms with van der Waals surface area (Å²) in [6.07, 6.45) is 2.56. The summed E-state index contributed by atoms with van der Waals surface area (Å²) in [5, 5.41) is 6.31. The highest BCUT2D eigenvalue weighted by Crippen LogP contribution is 2.15. The average Bonchev–Trinajstić information content (AvgIpc) is 2.41. The fraction of sp³-hybridized carbons (Fsp3) is 0.533. The number of carbonyl (C=O) groups excluding carboxylic acids is 1. The topological polar surface area (TPSA) is 41.1 Å². The lowest BCUT2D eigenvalue weighted by Crippen LogP contribution is -2.42. The summed E-state index contributed by atoms with van der Waals surface area (Å²) < 4.78 is 12.7. The minimum Gasteiger partial charge on any atom is -0.356 e. The van der Waals surface area contributed by atoms with Gasteiger partial charge in [0.05, 0.1) is 0 Å². The molecule has 1 heterocycles. The van der Waals surface area contributed by atoms with Crippen molar-refractivity contribution in [3.8, 4) is 0 Å². The van der Waals surface area contributed by atoms with Gasteiger partial charge in [0, 0.05) is 18.5 Å². The Hall–Kier alpha value is -1.13. The lowest BCUT2D eigenvalue weighted by atomic mass is 9.92. The molecule has 112 valence electrons. The molecule has 0 bridgehead atoms. The summed E-state index contributed by atoms with van der Waals surface area (Å²) >= 11 is 0. The second kappa shape index (κ2) is 8.22. The molecule has 2 atom stereocenters. The monoisotopic (exact) mass is 300 g/mol. The van der Waals surface area contributed by atoms with Gasteiger partial charge in [-0.2, -0.15) is 0 Å². The standard InChI is InChI=1S/C15H21FN2O.ClH/c1-11-10-13(7-9-17-11)15(19)18-8-6-12-2-4-14(16)5-3-12;/h2-5,11,13,17H,6-10H2,1H3,(H,18,19);1H/t11-,13-;/m0./s1. The lowest BCUT2D eigenvalue weighted by molar-refractivity contribution is -0.126. The Morgan fingerprint density at radius 1 is 1.40 bits per heavy atom.